The zero-order valence-corrected chi connectivity index (χ0v) is 7.68. The lowest BCUT2D eigenvalue weighted by Gasteiger charge is -2.01. The summed E-state index contributed by atoms with van der Waals surface area (Å²) in [5, 5.41) is 0. The third kappa shape index (κ3) is 1.54. The molecule has 0 atom stereocenters. The minimum absolute atomic E-state index is 0.0267. The first-order chi connectivity index (χ1) is 7.22. The number of para-hydroxylation sites is 2. The van der Waals surface area contributed by atoms with Crippen molar-refractivity contribution < 1.29 is 9.59 Å². The van der Waals surface area contributed by atoms with E-state index < -0.39 is 5.91 Å². The molecule has 2 rings (SSSR count). The molecule has 0 bridgehead atoms. The lowest BCUT2D eigenvalue weighted by molar-refractivity contribution is 0.0987. The summed E-state index contributed by atoms with van der Waals surface area (Å²) in [5.74, 6) is -0.754. The molecule has 0 saturated carbocycles. The number of fused-ring (bicyclic) bond motifs is 1. The number of benzene rings is 1. The first-order valence-corrected chi connectivity index (χ1v) is 4.24. The van der Waals surface area contributed by atoms with Gasteiger partial charge in [-0.25, -0.2) is 9.97 Å². The highest BCUT2D eigenvalue weighted by molar-refractivity contribution is 5.99. The molecule has 1 amide bonds. The summed E-state index contributed by atoms with van der Waals surface area (Å²) in [5.41, 5.74) is 6.06. The Morgan fingerprint density at radius 1 is 1.20 bits per heavy atom. The maximum absolute atomic E-state index is 11.0. The molecular weight excluding hydrogens is 194 g/mol. The van der Waals surface area contributed by atoms with Crippen LogP contribution >= 0.6 is 0 Å². The second-order valence-electron chi connectivity index (χ2n) is 2.93. The predicted octanol–water partition coefficient (Wildman–Crippen LogP) is 0.541. The van der Waals surface area contributed by atoms with Gasteiger partial charge >= 0.3 is 0 Å². The summed E-state index contributed by atoms with van der Waals surface area (Å²) < 4.78 is 0. The summed E-state index contributed by atoms with van der Waals surface area (Å²) in [6.45, 7) is 0. The number of rotatable bonds is 2. The molecule has 0 fully saturated rings. The van der Waals surface area contributed by atoms with Crippen LogP contribution < -0.4 is 5.73 Å². The van der Waals surface area contributed by atoms with Crippen LogP contribution in [0.5, 0.6) is 0 Å². The van der Waals surface area contributed by atoms with Crippen LogP contribution in [-0.2, 0) is 0 Å². The fraction of sp³-hybridized carbons (Fsp3) is 0. The van der Waals surface area contributed by atoms with Crippen molar-refractivity contribution in [3.05, 3.63) is 35.7 Å². The van der Waals surface area contributed by atoms with E-state index in [1.54, 1.807) is 24.3 Å². The first-order valence-electron chi connectivity index (χ1n) is 4.24. The van der Waals surface area contributed by atoms with Gasteiger partial charge in [0.05, 0.1) is 11.0 Å². The number of hydrogen-bond donors (Lipinski definition) is 1. The highest BCUT2D eigenvalue weighted by Gasteiger charge is 2.12. The van der Waals surface area contributed by atoms with Crippen LogP contribution in [-0.4, -0.2) is 22.2 Å². The molecule has 0 aliphatic heterocycles. The Morgan fingerprint density at radius 2 is 1.80 bits per heavy atom. The molecule has 2 N–H and O–H groups in total. The highest BCUT2D eigenvalue weighted by atomic mass is 16.1. The average molecular weight is 201 g/mol. The largest absolute Gasteiger partial charge is 0.364 e. The quantitative estimate of drug-likeness (QED) is 0.718. The van der Waals surface area contributed by atoms with E-state index in [0.29, 0.717) is 17.3 Å². The summed E-state index contributed by atoms with van der Waals surface area (Å²) in [4.78, 5) is 29.6. The minimum atomic E-state index is -0.754. The molecule has 0 aliphatic carbocycles. The topological polar surface area (TPSA) is 85.9 Å². The van der Waals surface area contributed by atoms with E-state index in [1.165, 1.54) is 0 Å². The van der Waals surface area contributed by atoms with Crippen molar-refractivity contribution >= 4 is 23.2 Å². The van der Waals surface area contributed by atoms with Gasteiger partial charge in [-0.05, 0) is 12.1 Å². The molecule has 5 nitrogen and oxygen atoms in total. The van der Waals surface area contributed by atoms with Crippen LogP contribution in [0.3, 0.4) is 0 Å². The van der Waals surface area contributed by atoms with Crippen LogP contribution in [0.15, 0.2) is 24.3 Å². The van der Waals surface area contributed by atoms with Gasteiger partial charge in [0.1, 0.15) is 5.69 Å². The monoisotopic (exact) mass is 201 g/mol. The molecule has 1 aromatic heterocycles. The summed E-state index contributed by atoms with van der Waals surface area (Å²) in [7, 11) is 0. The van der Waals surface area contributed by atoms with Crippen molar-refractivity contribution in [2.24, 2.45) is 5.73 Å². The van der Waals surface area contributed by atoms with Gasteiger partial charge in [-0.2, -0.15) is 0 Å². The average Bonchev–Trinajstić information content (AvgIpc) is 2.27. The molecule has 74 valence electrons. The number of amides is 1. The van der Waals surface area contributed by atoms with Gasteiger partial charge in [-0.15, -0.1) is 0 Å². The molecule has 2 aromatic rings. The van der Waals surface area contributed by atoms with Gasteiger partial charge in [0.25, 0.3) is 5.91 Å². The zero-order valence-electron chi connectivity index (χ0n) is 7.68. The van der Waals surface area contributed by atoms with E-state index in [4.69, 9.17) is 5.73 Å². The fourth-order valence-electron chi connectivity index (χ4n) is 1.28. The number of nitrogens with two attached hydrogens (primary N) is 1. The van der Waals surface area contributed by atoms with E-state index in [2.05, 4.69) is 9.97 Å². The van der Waals surface area contributed by atoms with Gasteiger partial charge in [0, 0.05) is 0 Å². The van der Waals surface area contributed by atoms with Crippen LogP contribution in [0.4, 0.5) is 0 Å². The summed E-state index contributed by atoms with van der Waals surface area (Å²) in [6, 6.07) is 6.95. The molecular formula is C10H7N3O2. The van der Waals surface area contributed by atoms with Gasteiger partial charge in [0.15, 0.2) is 12.0 Å². The standard InChI is InChI=1S/C10H7N3O2/c11-10(15)9-8(5-14)12-6-3-1-2-4-7(6)13-9/h1-5H,(H2,11,15). The van der Waals surface area contributed by atoms with E-state index in [-0.39, 0.29) is 11.4 Å². The SMILES string of the molecule is NC(=O)c1nc2ccccc2nc1C=O. The van der Waals surface area contributed by atoms with Crippen molar-refractivity contribution in [1.29, 1.82) is 0 Å². The normalized spacial score (nSPS) is 10.1. The second-order valence-corrected chi connectivity index (χ2v) is 2.93. The number of carbonyl (C=O) groups is 2. The van der Waals surface area contributed by atoms with Crippen molar-refractivity contribution in [1.82, 2.24) is 9.97 Å². The highest BCUT2D eigenvalue weighted by Crippen LogP contribution is 2.11. The zero-order chi connectivity index (χ0) is 10.8. The Balaban J connectivity index is 2.80. The molecule has 0 spiro atoms. The van der Waals surface area contributed by atoms with Crippen LogP contribution in [0.2, 0.25) is 0 Å². The van der Waals surface area contributed by atoms with Crippen molar-refractivity contribution in [2.45, 2.75) is 0 Å². The van der Waals surface area contributed by atoms with Crippen molar-refractivity contribution in [3.8, 4) is 0 Å². The Kier molecular flexibility index (Phi) is 2.13. The summed E-state index contributed by atoms with van der Waals surface area (Å²) >= 11 is 0. The van der Waals surface area contributed by atoms with Gasteiger partial charge in [-0.1, -0.05) is 12.1 Å². The lowest BCUT2D eigenvalue weighted by Crippen LogP contribution is -2.17. The number of carbonyl (C=O) groups excluding carboxylic acids is 2. The number of primary amides is 1. The third-order valence-electron chi connectivity index (χ3n) is 1.94. The molecule has 0 saturated heterocycles. The maximum atomic E-state index is 11.0. The van der Waals surface area contributed by atoms with Crippen LogP contribution in [0.25, 0.3) is 11.0 Å². The Bertz CT molecular complexity index is 551. The third-order valence-corrected chi connectivity index (χ3v) is 1.94. The smallest absolute Gasteiger partial charge is 0.269 e. The molecule has 0 unspecified atom stereocenters. The number of aromatic nitrogens is 2. The van der Waals surface area contributed by atoms with Crippen molar-refractivity contribution in [2.75, 3.05) is 0 Å². The van der Waals surface area contributed by atoms with Crippen LogP contribution in [0, 0.1) is 0 Å². The first kappa shape index (κ1) is 9.26. The maximum Gasteiger partial charge on any atom is 0.269 e. The molecule has 0 radical (unpaired) electrons. The number of aldehydes is 1. The fourth-order valence-corrected chi connectivity index (χ4v) is 1.28. The summed E-state index contributed by atoms with van der Waals surface area (Å²) in [6.07, 6.45) is 0.472. The van der Waals surface area contributed by atoms with E-state index in [0.717, 1.165) is 0 Å². The van der Waals surface area contributed by atoms with E-state index in [1.807, 2.05) is 0 Å². The van der Waals surface area contributed by atoms with E-state index in [9.17, 15) is 9.59 Å². The molecule has 15 heavy (non-hydrogen) atoms. The molecule has 5 heteroatoms. The Morgan fingerprint density at radius 3 is 2.33 bits per heavy atom. The molecule has 1 aromatic carbocycles. The second kappa shape index (κ2) is 3.45. The van der Waals surface area contributed by atoms with Gasteiger partial charge in [0.2, 0.25) is 0 Å². The lowest BCUT2D eigenvalue weighted by atomic mass is 10.2. The number of hydrogen-bond acceptors (Lipinski definition) is 4. The Hall–Kier alpha value is -2.30. The minimum Gasteiger partial charge on any atom is -0.364 e. The van der Waals surface area contributed by atoms with Crippen molar-refractivity contribution in [3.63, 3.8) is 0 Å². The molecule has 0 aliphatic rings. The predicted molar refractivity (Wildman–Crippen MR) is 53.4 cm³/mol. The molecule has 1 heterocycles. The van der Waals surface area contributed by atoms with Crippen LogP contribution in [0.1, 0.15) is 21.0 Å². The van der Waals surface area contributed by atoms with Gasteiger partial charge in [-0.3, -0.25) is 9.59 Å². The number of nitrogens with zero attached hydrogens (tertiary/aromatic N) is 2. The van der Waals surface area contributed by atoms with Gasteiger partial charge < -0.3 is 5.73 Å². The van der Waals surface area contributed by atoms with E-state index >= 15 is 0 Å². The Labute approximate surface area is 84.9 Å².